The molecule has 1 fully saturated rings. The second-order valence-electron chi connectivity index (χ2n) is 6.25. The summed E-state index contributed by atoms with van der Waals surface area (Å²) in [6.45, 7) is 2.50. The standard InChI is InChI=1S/C17H20N4O3/c1-20-11-18-19-16(20)13-3-2-6-21(10-13)17(22)12-4-5-14-15(9-12)24-8-7-23-14/h4-5,9,11,13H,2-3,6-8,10H2,1H3/t13-/m1/s1. The lowest BCUT2D eigenvalue weighted by molar-refractivity contribution is 0.0702. The lowest BCUT2D eigenvalue weighted by Crippen LogP contribution is -2.39. The van der Waals surface area contributed by atoms with Gasteiger partial charge in [0, 0.05) is 31.6 Å². The fraction of sp³-hybridized carbons (Fsp3) is 0.471. The molecule has 1 atom stereocenters. The van der Waals surface area contributed by atoms with Gasteiger partial charge in [-0.25, -0.2) is 0 Å². The molecule has 7 heteroatoms. The van der Waals surface area contributed by atoms with Gasteiger partial charge in [-0.2, -0.15) is 0 Å². The van der Waals surface area contributed by atoms with Crippen molar-refractivity contribution in [2.45, 2.75) is 18.8 Å². The number of piperidine rings is 1. The molecule has 2 aromatic rings. The van der Waals surface area contributed by atoms with Crippen LogP contribution in [0.4, 0.5) is 0 Å². The van der Waals surface area contributed by atoms with Crippen molar-refractivity contribution in [1.29, 1.82) is 0 Å². The van der Waals surface area contributed by atoms with Gasteiger partial charge in [-0.05, 0) is 31.0 Å². The number of ether oxygens (including phenoxy) is 2. The van der Waals surface area contributed by atoms with E-state index in [1.807, 2.05) is 28.6 Å². The van der Waals surface area contributed by atoms with E-state index >= 15 is 0 Å². The summed E-state index contributed by atoms with van der Waals surface area (Å²) in [5.41, 5.74) is 0.637. The Morgan fingerprint density at radius 2 is 2.08 bits per heavy atom. The summed E-state index contributed by atoms with van der Waals surface area (Å²) in [4.78, 5) is 14.8. The van der Waals surface area contributed by atoms with Gasteiger partial charge in [0.25, 0.3) is 5.91 Å². The minimum absolute atomic E-state index is 0.0267. The van der Waals surface area contributed by atoms with Gasteiger partial charge in [0.15, 0.2) is 11.5 Å². The van der Waals surface area contributed by atoms with E-state index in [-0.39, 0.29) is 11.8 Å². The maximum atomic E-state index is 12.9. The van der Waals surface area contributed by atoms with Crippen molar-refractivity contribution in [2.75, 3.05) is 26.3 Å². The van der Waals surface area contributed by atoms with Gasteiger partial charge in [0.2, 0.25) is 0 Å². The van der Waals surface area contributed by atoms with Crippen LogP contribution in [0.25, 0.3) is 0 Å². The van der Waals surface area contributed by atoms with E-state index in [0.717, 1.165) is 25.2 Å². The molecular formula is C17H20N4O3. The second kappa shape index (κ2) is 6.14. The first-order valence-electron chi connectivity index (χ1n) is 8.25. The molecule has 1 amide bonds. The Balaban J connectivity index is 1.52. The number of nitrogens with zero attached hydrogens (tertiary/aromatic N) is 4. The zero-order chi connectivity index (χ0) is 16.5. The van der Waals surface area contributed by atoms with Crippen molar-refractivity contribution in [3.8, 4) is 11.5 Å². The molecule has 1 saturated heterocycles. The Hall–Kier alpha value is -2.57. The molecule has 2 aliphatic heterocycles. The van der Waals surface area contributed by atoms with Crippen LogP contribution in [0.15, 0.2) is 24.5 Å². The van der Waals surface area contributed by atoms with Gasteiger partial charge in [0.1, 0.15) is 25.4 Å². The van der Waals surface area contributed by atoms with Gasteiger partial charge < -0.3 is 18.9 Å². The van der Waals surface area contributed by atoms with Crippen LogP contribution >= 0.6 is 0 Å². The second-order valence-corrected chi connectivity index (χ2v) is 6.25. The Kier molecular flexibility index (Phi) is 3.84. The summed E-state index contributed by atoms with van der Waals surface area (Å²) in [7, 11) is 1.94. The summed E-state index contributed by atoms with van der Waals surface area (Å²) in [5, 5.41) is 8.15. The predicted octanol–water partition coefficient (Wildman–Crippen LogP) is 1.61. The highest BCUT2D eigenvalue weighted by atomic mass is 16.6. The smallest absolute Gasteiger partial charge is 0.254 e. The van der Waals surface area contributed by atoms with E-state index in [9.17, 15) is 4.79 Å². The number of likely N-dealkylation sites (tertiary alicyclic amines) is 1. The number of rotatable bonds is 2. The number of fused-ring (bicyclic) bond motifs is 1. The number of hydrogen-bond acceptors (Lipinski definition) is 5. The number of benzene rings is 1. The molecule has 7 nitrogen and oxygen atoms in total. The zero-order valence-corrected chi connectivity index (χ0v) is 13.6. The predicted molar refractivity (Wildman–Crippen MR) is 86.3 cm³/mol. The third-order valence-electron chi connectivity index (χ3n) is 4.61. The van der Waals surface area contributed by atoms with Crippen LogP contribution < -0.4 is 9.47 Å². The maximum absolute atomic E-state index is 12.9. The van der Waals surface area contributed by atoms with Crippen LogP contribution in [0, 0.1) is 0 Å². The average Bonchev–Trinajstić information content (AvgIpc) is 3.07. The van der Waals surface area contributed by atoms with E-state index < -0.39 is 0 Å². The molecule has 126 valence electrons. The third-order valence-corrected chi connectivity index (χ3v) is 4.61. The molecule has 1 aromatic carbocycles. The number of carbonyl (C=O) groups excluding carboxylic acids is 1. The van der Waals surface area contributed by atoms with Crippen molar-refractivity contribution in [2.24, 2.45) is 7.05 Å². The first-order valence-corrected chi connectivity index (χ1v) is 8.25. The summed E-state index contributed by atoms with van der Waals surface area (Å²) in [6, 6.07) is 5.40. The Morgan fingerprint density at radius 3 is 2.88 bits per heavy atom. The molecule has 0 bridgehead atoms. The molecule has 24 heavy (non-hydrogen) atoms. The Bertz CT molecular complexity index is 758. The minimum atomic E-state index is 0.0267. The highest BCUT2D eigenvalue weighted by Crippen LogP contribution is 2.32. The topological polar surface area (TPSA) is 69.5 Å². The number of hydrogen-bond donors (Lipinski definition) is 0. The van der Waals surface area contributed by atoms with Crippen LogP contribution in [-0.4, -0.2) is 51.9 Å². The van der Waals surface area contributed by atoms with Gasteiger partial charge in [-0.1, -0.05) is 0 Å². The first-order chi connectivity index (χ1) is 11.7. The van der Waals surface area contributed by atoms with Crippen molar-refractivity contribution >= 4 is 5.91 Å². The monoisotopic (exact) mass is 328 g/mol. The molecule has 4 rings (SSSR count). The highest BCUT2D eigenvalue weighted by Gasteiger charge is 2.28. The zero-order valence-electron chi connectivity index (χ0n) is 13.6. The van der Waals surface area contributed by atoms with E-state index in [1.165, 1.54) is 0 Å². The summed E-state index contributed by atoms with van der Waals surface area (Å²) >= 11 is 0. The number of carbonyl (C=O) groups is 1. The van der Waals surface area contributed by atoms with Crippen LogP contribution in [-0.2, 0) is 7.05 Å². The van der Waals surface area contributed by atoms with Crippen molar-refractivity contribution < 1.29 is 14.3 Å². The van der Waals surface area contributed by atoms with Gasteiger partial charge in [-0.3, -0.25) is 4.79 Å². The molecule has 0 saturated carbocycles. The van der Waals surface area contributed by atoms with E-state index in [2.05, 4.69) is 10.2 Å². The lowest BCUT2D eigenvalue weighted by Gasteiger charge is -2.32. The first kappa shape index (κ1) is 15.0. The van der Waals surface area contributed by atoms with Crippen LogP contribution in [0.3, 0.4) is 0 Å². The average molecular weight is 328 g/mol. The van der Waals surface area contributed by atoms with Gasteiger partial charge in [0.05, 0.1) is 0 Å². The molecular weight excluding hydrogens is 308 g/mol. The van der Waals surface area contributed by atoms with Crippen LogP contribution in [0.2, 0.25) is 0 Å². The fourth-order valence-electron chi connectivity index (χ4n) is 3.39. The minimum Gasteiger partial charge on any atom is -0.486 e. The summed E-state index contributed by atoms with van der Waals surface area (Å²) < 4.78 is 13.0. The third kappa shape index (κ3) is 2.70. The SMILES string of the molecule is Cn1cnnc1[C@@H]1CCCN(C(=O)c2ccc3c(c2)OCCO3)C1. The van der Waals surface area contributed by atoms with E-state index in [1.54, 1.807) is 12.4 Å². The normalized spacial score (nSPS) is 20.0. The molecule has 0 spiro atoms. The molecule has 0 radical (unpaired) electrons. The summed E-state index contributed by atoms with van der Waals surface area (Å²) in [6.07, 6.45) is 3.70. The van der Waals surface area contributed by atoms with E-state index in [0.29, 0.717) is 36.8 Å². The number of aromatic nitrogens is 3. The van der Waals surface area contributed by atoms with Crippen LogP contribution in [0.5, 0.6) is 11.5 Å². The van der Waals surface area contributed by atoms with Crippen molar-refractivity contribution in [1.82, 2.24) is 19.7 Å². The number of amides is 1. The molecule has 1 aromatic heterocycles. The van der Waals surface area contributed by atoms with Crippen molar-refractivity contribution in [3.63, 3.8) is 0 Å². The highest BCUT2D eigenvalue weighted by molar-refractivity contribution is 5.95. The Morgan fingerprint density at radius 1 is 1.25 bits per heavy atom. The number of aryl methyl sites for hydroxylation is 1. The largest absolute Gasteiger partial charge is 0.486 e. The van der Waals surface area contributed by atoms with E-state index in [4.69, 9.17) is 9.47 Å². The lowest BCUT2D eigenvalue weighted by atomic mass is 9.96. The molecule has 3 heterocycles. The van der Waals surface area contributed by atoms with Gasteiger partial charge in [-0.15, -0.1) is 10.2 Å². The maximum Gasteiger partial charge on any atom is 0.254 e. The summed E-state index contributed by atoms with van der Waals surface area (Å²) in [5.74, 6) is 2.54. The molecule has 0 aliphatic carbocycles. The quantitative estimate of drug-likeness (QED) is 0.838. The van der Waals surface area contributed by atoms with Gasteiger partial charge >= 0.3 is 0 Å². The molecule has 0 N–H and O–H groups in total. The Labute approximate surface area is 140 Å². The molecule has 0 unspecified atom stereocenters. The molecule has 2 aliphatic rings. The van der Waals surface area contributed by atoms with Crippen molar-refractivity contribution in [3.05, 3.63) is 35.9 Å². The fourth-order valence-corrected chi connectivity index (χ4v) is 3.39. The van der Waals surface area contributed by atoms with Crippen LogP contribution in [0.1, 0.15) is 34.9 Å².